The number of nitrogens with zero attached hydrogens (tertiary/aromatic N) is 1. The molecule has 2 aliphatic carbocycles. The van der Waals surface area contributed by atoms with Crippen LogP contribution in [0.25, 0.3) is 10.8 Å². The third-order valence-corrected chi connectivity index (χ3v) is 13.1. The molecule has 2 N–H and O–H groups in total. The molecule has 0 spiro atoms. The van der Waals surface area contributed by atoms with Crippen molar-refractivity contribution in [3.8, 4) is 5.75 Å². The van der Waals surface area contributed by atoms with Crippen molar-refractivity contribution in [3.63, 3.8) is 0 Å². The van der Waals surface area contributed by atoms with E-state index in [4.69, 9.17) is 4.74 Å². The van der Waals surface area contributed by atoms with Crippen LogP contribution in [0.5, 0.6) is 5.75 Å². The molecule has 48 heavy (non-hydrogen) atoms. The summed E-state index contributed by atoms with van der Waals surface area (Å²) < 4.78 is 19.9. The minimum absolute atomic E-state index is 0.00775. The molecule has 3 amide bonds. The number of imide groups is 1. The van der Waals surface area contributed by atoms with Crippen LogP contribution in [0.4, 0.5) is 15.8 Å². The fourth-order valence-electron chi connectivity index (χ4n) is 8.74. The topological polar surface area (TPSA) is 109 Å². The van der Waals surface area contributed by atoms with E-state index in [0.29, 0.717) is 17.1 Å². The minimum atomic E-state index is -0.492. The molecule has 9 rings (SSSR count). The molecule has 1 saturated heterocycles. The van der Waals surface area contributed by atoms with Crippen molar-refractivity contribution in [1.29, 1.82) is 0 Å². The summed E-state index contributed by atoms with van der Waals surface area (Å²) in [4.78, 5) is 58.8. The number of carbonyl (C=O) groups is 3. The van der Waals surface area contributed by atoms with Crippen LogP contribution in [-0.2, 0) is 14.4 Å². The van der Waals surface area contributed by atoms with Crippen LogP contribution < -0.4 is 19.8 Å². The van der Waals surface area contributed by atoms with Gasteiger partial charge < -0.3 is 15.0 Å². The summed E-state index contributed by atoms with van der Waals surface area (Å²) in [5, 5.41) is 5.71. The molecule has 2 bridgehead atoms. The molecule has 2 aliphatic heterocycles. The third-order valence-electron chi connectivity index (χ3n) is 10.5. The van der Waals surface area contributed by atoms with Gasteiger partial charge in [-0.2, -0.15) is 0 Å². The van der Waals surface area contributed by atoms with Crippen LogP contribution in [0.1, 0.15) is 22.8 Å². The zero-order chi connectivity index (χ0) is 32.7. The average Bonchev–Trinajstić information content (AvgIpc) is 3.83. The van der Waals surface area contributed by atoms with Gasteiger partial charge in [0.15, 0.2) is 6.61 Å². The van der Waals surface area contributed by atoms with Crippen molar-refractivity contribution in [2.45, 2.75) is 22.6 Å². The molecule has 8 nitrogen and oxygen atoms in total. The molecule has 2 saturated carbocycles. The number of thiazole rings is 1. The van der Waals surface area contributed by atoms with E-state index < -0.39 is 17.7 Å². The molecule has 7 atom stereocenters. The summed E-state index contributed by atoms with van der Waals surface area (Å²) in [7, 11) is 0. The van der Waals surface area contributed by atoms with Crippen LogP contribution in [0.2, 0.25) is 0 Å². The smallest absolute Gasteiger partial charge is 0.305 e. The second-order valence-corrected chi connectivity index (χ2v) is 15.1. The second kappa shape index (κ2) is 11.2. The first-order chi connectivity index (χ1) is 23.4. The van der Waals surface area contributed by atoms with Gasteiger partial charge in [-0.05, 0) is 66.0 Å². The Bertz CT molecular complexity index is 2190. The van der Waals surface area contributed by atoms with Crippen molar-refractivity contribution in [1.82, 2.24) is 4.98 Å². The first-order valence-corrected chi connectivity index (χ1v) is 17.6. The lowest BCUT2D eigenvalue weighted by Crippen LogP contribution is -2.42. The maximum absolute atomic E-state index is 14.0. The maximum Gasteiger partial charge on any atom is 0.305 e. The van der Waals surface area contributed by atoms with E-state index in [1.165, 1.54) is 40.5 Å². The second-order valence-electron chi connectivity index (χ2n) is 12.9. The number of para-hydroxylation sites is 1. The standard InChI is InChI=1S/C37H28FN3O5S2/c38-19-12-14-20(15-13-19)41-35(43)30-23-16-24(31(30)36(41)44)32-29(23)28(33-34(47-32)40-37(45)48-33)22-9-3-4-11-26(22)46-17-27(42)39-25-10-5-7-18-6-1-2-8-21(18)25/h1-15,23-24,28-32H,16-17H2,(H,39,42)(H,40,45)/t23?,24?,28-,29?,30?,31?,32?/m1/s1. The zero-order valence-corrected chi connectivity index (χ0v) is 26.9. The Morgan fingerprint density at radius 2 is 1.62 bits per heavy atom. The summed E-state index contributed by atoms with van der Waals surface area (Å²) in [6.07, 6.45) is 0.735. The van der Waals surface area contributed by atoms with Crippen molar-refractivity contribution < 1.29 is 23.5 Å². The van der Waals surface area contributed by atoms with Gasteiger partial charge in [-0.15, -0.1) is 11.8 Å². The third kappa shape index (κ3) is 4.47. The summed E-state index contributed by atoms with van der Waals surface area (Å²) in [5.74, 6) is -2.10. The van der Waals surface area contributed by atoms with Gasteiger partial charge in [0.05, 0.1) is 22.5 Å². The molecule has 11 heteroatoms. The normalized spacial score (nSPS) is 26.8. The van der Waals surface area contributed by atoms with Gasteiger partial charge in [-0.25, -0.2) is 4.39 Å². The van der Waals surface area contributed by atoms with Crippen molar-refractivity contribution in [2.75, 3.05) is 16.8 Å². The Labute approximate surface area is 282 Å². The van der Waals surface area contributed by atoms with Gasteiger partial charge in [0.1, 0.15) is 11.6 Å². The Kier molecular flexibility index (Phi) is 6.84. The Morgan fingerprint density at radius 1 is 0.896 bits per heavy atom. The van der Waals surface area contributed by atoms with Gasteiger partial charge in [0.25, 0.3) is 5.91 Å². The molecule has 4 aliphatic rings. The van der Waals surface area contributed by atoms with E-state index in [9.17, 15) is 23.6 Å². The van der Waals surface area contributed by atoms with Crippen LogP contribution in [-0.4, -0.2) is 34.6 Å². The zero-order valence-electron chi connectivity index (χ0n) is 25.3. The number of hydrogen-bond acceptors (Lipinski definition) is 7. The molecule has 6 unspecified atom stereocenters. The molecule has 3 heterocycles. The van der Waals surface area contributed by atoms with E-state index in [-0.39, 0.29) is 58.1 Å². The predicted octanol–water partition coefficient (Wildman–Crippen LogP) is 6.42. The van der Waals surface area contributed by atoms with E-state index in [0.717, 1.165) is 32.7 Å². The number of thioether (sulfide) groups is 1. The van der Waals surface area contributed by atoms with E-state index in [2.05, 4.69) is 10.3 Å². The number of rotatable bonds is 6. The van der Waals surface area contributed by atoms with Crippen molar-refractivity contribution in [2.24, 2.45) is 29.6 Å². The average molecular weight is 678 g/mol. The molecule has 4 aromatic carbocycles. The number of halogens is 1. The van der Waals surface area contributed by atoms with Crippen molar-refractivity contribution >= 4 is 63.0 Å². The number of fused-ring (bicyclic) bond motifs is 10. The number of hydrogen-bond donors (Lipinski definition) is 2. The van der Waals surface area contributed by atoms with Gasteiger partial charge in [0, 0.05) is 32.7 Å². The predicted molar refractivity (Wildman–Crippen MR) is 182 cm³/mol. The van der Waals surface area contributed by atoms with E-state index in [1.807, 2.05) is 66.7 Å². The lowest BCUT2D eigenvalue weighted by molar-refractivity contribution is -0.123. The minimum Gasteiger partial charge on any atom is -0.483 e. The lowest BCUT2D eigenvalue weighted by Gasteiger charge is -2.43. The molecular formula is C37H28FN3O5S2. The highest BCUT2D eigenvalue weighted by Crippen LogP contribution is 2.69. The van der Waals surface area contributed by atoms with Gasteiger partial charge >= 0.3 is 4.87 Å². The number of anilines is 2. The highest BCUT2D eigenvalue weighted by Gasteiger charge is 2.69. The Balaban J connectivity index is 1.03. The van der Waals surface area contributed by atoms with Crippen LogP contribution in [0.3, 0.4) is 0 Å². The fourth-order valence-corrected chi connectivity index (χ4v) is 11.6. The Hall–Kier alpha value is -4.74. The number of amides is 3. The molecule has 1 aromatic heterocycles. The molecule has 3 fully saturated rings. The fraction of sp³-hybridized carbons (Fsp3) is 0.243. The molecule has 0 radical (unpaired) electrons. The number of carbonyl (C=O) groups excluding carboxylic acids is 3. The highest BCUT2D eigenvalue weighted by molar-refractivity contribution is 8.00. The number of aromatic nitrogens is 1. The summed E-state index contributed by atoms with van der Waals surface area (Å²) >= 11 is 2.77. The van der Waals surface area contributed by atoms with Crippen LogP contribution >= 0.6 is 23.1 Å². The number of ether oxygens (including phenoxy) is 1. The molecule has 5 aromatic rings. The Morgan fingerprint density at radius 3 is 2.46 bits per heavy atom. The molecular weight excluding hydrogens is 650 g/mol. The highest BCUT2D eigenvalue weighted by atomic mass is 32.2. The van der Waals surface area contributed by atoms with E-state index >= 15 is 0 Å². The largest absolute Gasteiger partial charge is 0.483 e. The number of benzene rings is 4. The first-order valence-electron chi connectivity index (χ1n) is 15.9. The SMILES string of the molecule is O=C(COc1ccccc1[C@H]1c2sc(=O)[nH]c2SC2C3CC(C4C(=O)N(c5ccc(F)cc5)C(=O)C34)C21)Nc1cccc2ccccc12. The summed E-state index contributed by atoms with van der Waals surface area (Å²) in [6, 6.07) is 26.6. The number of H-pyrrole nitrogens is 1. The lowest BCUT2D eigenvalue weighted by atomic mass is 9.68. The van der Waals surface area contributed by atoms with Crippen molar-refractivity contribution in [3.05, 3.63) is 117 Å². The first kappa shape index (κ1) is 29.4. The van der Waals surface area contributed by atoms with Crippen LogP contribution in [0.15, 0.2) is 101 Å². The quantitative estimate of drug-likeness (QED) is 0.201. The van der Waals surface area contributed by atoms with Gasteiger partial charge in [-0.1, -0.05) is 65.9 Å². The van der Waals surface area contributed by atoms with E-state index in [1.54, 1.807) is 11.8 Å². The molecule has 240 valence electrons. The summed E-state index contributed by atoms with van der Waals surface area (Å²) in [6.45, 7) is -0.220. The van der Waals surface area contributed by atoms with Gasteiger partial charge in [0.2, 0.25) is 11.8 Å². The number of nitrogens with one attached hydrogen (secondary N) is 2. The summed E-state index contributed by atoms with van der Waals surface area (Å²) in [5.41, 5.74) is 1.93. The number of aromatic amines is 1. The van der Waals surface area contributed by atoms with Crippen LogP contribution in [0, 0.1) is 35.4 Å². The monoisotopic (exact) mass is 677 g/mol. The van der Waals surface area contributed by atoms with Gasteiger partial charge in [-0.3, -0.25) is 24.1 Å². The maximum atomic E-state index is 14.0.